The number of carbonyl (C=O) groups is 3. The Morgan fingerprint density at radius 1 is 0.253 bits per heavy atom. The monoisotopic (exact) mass is 1110 g/mol. The zero-order chi connectivity index (χ0) is 57.1. The van der Waals surface area contributed by atoms with Crippen LogP contribution in [0.2, 0.25) is 0 Å². The molecule has 0 saturated carbocycles. The number of allylic oxidation sites excluding steroid dienone is 6. The second-order valence-corrected chi connectivity index (χ2v) is 24.2. The van der Waals surface area contributed by atoms with Crippen molar-refractivity contribution < 1.29 is 28.6 Å². The zero-order valence-corrected chi connectivity index (χ0v) is 53.4. The highest BCUT2D eigenvalue weighted by molar-refractivity contribution is 5.71. The predicted octanol–water partition coefficient (Wildman–Crippen LogP) is 24.3. The van der Waals surface area contributed by atoms with Crippen LogP contribution in [0.4, 0.5) is 0 Å². The van der Waals surface area contributed by atoms with E-state index in [1.807, 2.05) is 0 Å². The summed E-state index contributed by atoms with van der Waals surface area (Å²) in [6.45, 7) is 6.71. The van der Waals surface area contributed by atoms with Gasteiger partial charge in [-0.1, -0.05) is 353 Å². The lowest BCUT2D eigenvalue weighted by Crippen LogP contribution is -2.30. The summed E-state index contributed by atoms with van der Waals surface area (Å²) >= 11 is 0. The maximum absolute atomic E-state index is 13.0. The smallest absolute Gasteiger partial charge is 0.306 e. The molecule has 0 aliphatic heterocycles. The number of unbranched alkanes of at least 4 members (excludes halogenated alkanes) is 49. The van der Waals surface area contributed by atoms with Gasteiger partial charge < -0.3 is 14.2 Å². The van der Waals surface area contributed by atoms with E-state index in [1.165, 1.54) is 276 Å². The first-order valence-corrected chi connectivity index (χ1v) is 35.5. The lowest BCUT2D eigenvalue weighted by atomic mass is 10.0. The summed E-state index contributed by atoms with van der Waals surface area (Å²) < 4.78 is 17.0. The number of hydrogen-bond acceptors (Lipinski definition) is 6. The molecular weight excluding hydrogens is 973 g/mol. The second kappa shape index (κ2) is 68.1. The van der Waals surface area contributed by atoms with Gasteiger partial charge in [-0.25, -0.2) is 0 Å². The fourth-order valence-electron chi connectivity index (χ4n) is 10.8. The normalized spacial score (nSPS) is 12.2. The Bertz CT molecular complexity index is 1320. The summed E-state index contributed by atoms with van der Waals surface area (Å²) in [6.07, 6.45) is 84.5. The third kappa shape index (κ3) is 66.3. The van der Waals surface area contributed by atoms with Gasteiger partial charge in [0.15, 0.2) is 6.10 Å². The molecule has 6 nitrogen and oxygen atoms in total. The van der Waals surface area contributed by atoms with Gasteiger partial charge in [-0.3, -0.25) is 14.4 Å². The van der Waals surface area contributed by atoms with Crippen LogP contribution < -0.4 is 0 Å². The summed E-state index contributed by atoms with van der Waals surface area (Å²) in [5.74, 6) is -0.843. The van der Waals surface area contributed by atoms with E-state index in [0.29, 0.717) is 19.3 Å². The van der Waals surface area contributed by atoms with E-state index in [2.05, 4.69) is 57.2 Å². The summed E-state index contributed by atoms with van der Waals surface area (Å²) in [6, 6.07) is 0. The maximum atomic E-state index is 13.0. The molecule has 1 atom stereocenters. The van der Waals surface area contributed by atoms with E-state index in [9.17, 15) is 14.4 Å². The van der Waals surface area contributed by atoms with Crippen molar-refractivity contribution >= 4 is 17.9 Å². The molecule has 0 aliphatic rings. The van der Waals surface area contributed by atoms with Crippen molar-refractivity contribution in [1.82, 2.24) is 0 Å². The minimum Gasteiger partial charge on any atom is -0.462 e. The van der Waals surface area contributed by atoms with Crippen molar-refractivity contribution in [1.29, 1.82) is 0 Å². The Balaban J connectivity index is 4.32. The molecular formula is C73H136O6. The maximum Gasteiger partial charge on any atom is 0.306 e. The van der Waals surface area contributed by atoms with Crippen molar-refractivity contribution in [2.24, 2.45) is 0 Å². The molecule has 464 valence electrons. The van der Waals surface area contributed by atoms with Crippen LogP contribution >= 0.6 is 0 Å². The van der Waals surface area contributed by atoms with Crippen LogP contribution in [0.3, 0.4) is 0 Å². The Hall–Kier alpha value is -2.37. The van der Waals surface area contributed by atoms with Crippen LogP contribution in [0, 0.1) is 0 Å². The van der Waals surface area contributed by atoms with E-state index >= 15 is 0 Å². The lowest BCUT2D eigenvalue weighted by Gasteiger charge is -2.18. The minimum atomic E-state index is -0.773. The molecule has 0 aliphatic carbocycles. The Labute approximate surface area is 493 Å². The largest absolute Gasteiger partial charge is 0.462 e. The van der Waals surface area contributed by atoms with Crippen LogP contribution in [0.25, 0.3) is 0 Å². The quantitative estimate of drug-likeness (QED) is 0.0261. The summed E-state index contributed by atoms with van der Waals surface area (Å²) in [7, 11) is 0. The predicted molar refractivity (Wildman–Crippen MR) is 344 cm³/mol. The fraction of sp³-hybridized carbons (Fsp3) is 0.877. The lowest BCUT2D eigenvalue weighted by molar-refractivity contribution is -0.167. The Kier molecular flexibility index (Phi) is 66.1. The zero-order valence-electron chi connectivity index (χ0n) is 53.4. The highest BCUT2D eigenvalue weighted by atomic mass is 16.6. The topological polar surface area (TPSA) is 78.9 Å². The third-order valence-corrected chi connectivity index (χ3v) is 16.1. The molecule has 0 bridgehead atoms. The summed E-state index contributed by atoms with van der Waals surface area (Å²) in [5.41, 5.74) is 0. The van der Waals surface area contributed by atoms with E-state index in [0.717, 1.165) is 77.0 Å². The van der Waals surface area contributed by atoms with Gasteiger partial charge in [-0.15, -0.1) is 0 Å². The number of carbonyl (C=O) groups excluding carboxylic acids is 3. The number of rotatable bonds is 66. The van der Waals surface area contributed by atoms with Gasteiger partial charge in [0.05, 0.1) is 0 Å². The molecule has 0 fully saturated rings. The minimum absolute atomic E-state index is 0.0682. The first-order chi connectivity index (χ1) is 39.0. The van der Waals surface area contributed by atoms with Gasteiger partial charge in [0, 0.05) is 19.3 Å². The van der Waals surface area contributed by atoms with Crippen molar-refractivity contribution in [3.05, 3.63) is 36.5 Å². The Morgan fingerprint density at radius 3 is 0.709 bits per heavy atom. The second-order valence-electron chi connectivity index (χ2n) is 24.2. The van der Waals surface area contributed by atoms with Crippen LogP contribution in [0.1, 0.15) is 393 Å². The van der Waals surface area contributed by atoms with E-state index in [1.54, 1.807) is 0 Å². The molecule has 0 rings (SSSR count). The third-order valence-electron chi connectivity index (χ3n) is 16.1. The molecule has 0 radical (unpaired) electrons. The summed E-state index contributed by atoms with van der Waals surface area (Å²) in [4.78, 5) is 38.5. The Morgan fingerprint density at radius 2 is 0.456 bits per heavy atom. The highest BCUT2D eigenvalue weighted by Gasteiger charge is 2.19. The van der Waals surface area contributed by atoms with E-state index in [4.69, 9.17) is 14.2 Å². The number of esters is 3. The molecule has 6 heteroatoms. The van der Waals surface area contributed by atoms with Crippen molar-refractivity contribution in [2.75, 3.05) is 13.2 Å². The van der Waals surface area contributed by atoms with Gasteiger partial charge in [0.2, 0.25) is 0 Å². The molecule has 0 saturated heterocycles. The van der Waals surface area contributed by atoms with Crippen molar-refractivity contribution in [2.45, 2.75) is 399 Å². The summed E-state index contributed by atoms with van der Waals surface area (Å²) in [5, 5.41) is 0. The first-order valence-electron chi connectivity index (χ1n) is 35.5. The average molecular weight is 1110 g/mol. The first kappa shape index (κ1) is 76.6. The molecule has 0 spiro atoms. The van der Waals surface area contributed by atoms with Crippen molar-refractivity contribution in [3.8, 4) is 0 Å². The number of ether oxygens (including phenoxy) is 3. The molecule has 0 aromatic heterocycles. The van der Waals surface area contributed by atoms with Gasteiger partial charge in [0.25, 0.3) is 0 Å². The van der Waals surface area contributed by atoms with Crippen LogP contribution in [0.5, 0.6) is 0 Å². The van der Waals surface area contributed by atoms with Crippen LogP contribution in [0.15, 0.2) is 36.5 Å². The van der Waals surface area contributed by atoms with E-state index in [-0.39, 0.29) is 31.1 Å². The standard InChI is InChI=1S/C73H136O6/c1-4-7-10-13-16-19-22-25-28-31-34-35-36-37-40-42-45-48-51-54-57-60-63-66-72(75)78-69-70(79-73(76)67-64-61-58-55-52-49-46-43-39-33-30-27-24-21-18-15-12-9-6-3)68-77-71(74)65-62-59-56-53-50-47-44-41-38-32-29-26-23-20-17-14-11-8-5-2/h22,25,31,34,36-37,70H,4-21,23-24,26-30,32-33,35,38-69H2,1-3H3/b25-22-,34-31-,37-36-. The SMILES string of the molecule is CCCCCCC/C=C\C/C=C\C/C=C\CCCCCCCCCCC(=O)OCC(COC(=O)CCCCCCCCCCCCCCCCCCCCC)OC(=O)CCCCCCCCCCCCCCCCCCCCC. The van der Waals surface area contributed by atoms with Crippen molar-refractivity contribution in [3.63, 3.8) is 0 Å². The number of hydrogen-bond donors (Lipinski definition) is 0. The molecule has 0 aromatic carbocycles. The molecule has 0 heterocycles. The molecule has 1 unspecified atom stereocenters. The van der Waals surface area contributed by atoms with Gasteiger partial charge >= 0.3 is 17.9 Å². The van der Waals surface area contributed by atoms with Gasteiger partial charge in [-0.05, 0) is 57.8 Å². The van der Waals surface area contributed by atoms with Crippen LogP contribution in [-0.4, -0.2) is 37.2 Å². The van der Waals surface area contributed by atoms with E-state index < -0.39 is 6.10 Å². The van der Waals surface area contributed by atoms with Gasteiger partial charge in [-0.2, -0.15) is 0 Å². The molecule has 0 amide bonds. The van der Waals surface area contributed by atoms with Gasteiger partial charge in [0.1, 0.15) is 13.2 Å². The van der Waals surface area contributed by atoms with Crippen LogP contribution in [-0.2, 0) is 28.6 Å². The highest BCUT2D eigenvalue weighted by Crippen LogP contribution is 2.19. The molecule has 0 N–H and O–H groups in total. The average Bonchev–Trinajstić information content (AvgIpc) is 3.45. The molecule has 79 heavy (non-hydrogen) atoms. The fourth-order valence-corrected chi connectivity index (χ4v) is 10.8. The molecule has 0 aromatic rings.